The average molecular weight is 290 g/mol. The summed E-state index contributed by atoms with van der Waals surface area (Å²) in [5, 5.41) is 2.95. The van der Waals surface area contributed by atoms with Crippen molar-refractivity contribution in [1.82, 2.24) is 0 Å². The molecule has 1 heterocycles. The minimum atomic E-state index is 1.07. The Labute approximate surface area is 130 Å². The third kappa shape index (κ3) is 2.91. The number of fused-ring (bicyclic) bond motifs is 1. The van der Waals surface area contributed by atoms with Crippen LogP contribution in [0.3, 0.4) is 0 Å². The molecule has 2 aromatic carbocycles. The Kier molecular flexibility index (Phi) is 3.89. The molecule has 0 aliphatic rings. The molecule has 0 saturated carbocycles. The number of benzene rings is 2. The number of nitrogens with zero attached hydrogens (tertiary/aromatic N) is 1. The molecule has 0 amide bonds. The fourth-order valence-corrected chi connectivity index (χ4v) is 2.56. The number of aryl methyl sites for hydroxylation is 1. The average Bonchev–Trinajstić information content (AvgIpc) is 2.55. The van der Waals surface area contributed by atoms with E-state index >= 15 is 0 Å². The third-order valence-corrected chi connectivity index (χ3v) is 3.87. The first kappa shape index (κ1) is 13.7. The number of para-hydroxylation sites is 1. The summed E-state index contributed by atoms with van der Waals surface area (Å²) in [5.41, 5.74) is 4.70. The van der Waals surface area contributed by atoms with Crippen LogP contribution in [0.5, 0.6) is 0 Å². The number of pyridine rings is 1. The van der Waals surface area contributed by atoms with Gasteiger partial charge in [0, 0.05) is 17.5 Å². The molecule has 0 fully saturated rings. The van der Waals surface area contributed by atoms with E-state index in [4.69, 9.17) is 12.2 Å². The molecule has 21 heavy (non-hydrogen) atoms. The van der Waals surface area contributed by atoms with Gasteiger partial charge in [-0.05, 0) is 22.8 Å². The predicted octanol–water partition coefficient (Wildman–Crippen LogP) is 4.18. The summed E-state index contributed by atoms with van der Waals surface area (Å²) in [6, 6.07) is 18.8. The van der Waals surface area contributed by atoms with Crippen molar-refractivity contribution in [3.63, 3.8) is 0 Å². The minimum absolute atomic E-state index is 1.07. The van der Waals surface area contributed by atoms with Gasteiger partial charge in [0.15, 0.2) is 6.20 Å². The van der Waals surface area contributed by atoms with Crippen LogP contribution in [0.4, 0.5) is 0 Å². The topological polar surface area (TPSA) is 3.88 Å². The molecule has 0 spiro atoms. The molecule has 3 aromatic rings. The van der Waals surface area contributed by atoms with E-state index in [1.165, 1.54) is 22.0 Å². The second-order valence-electron chi connectivity index (χ2n) is 5.02. The predicted molar refractivity (Wildman–Crippen MR) is 93.3 cm³/mol. The van der Waals surface area contributed by atoms with E-state index in [1.54, 1.807) is 5.37 Å². The Morgan fingerprint density at radius 2 is 1.57 bits per heavy atom. The summed E-state index contributed by atoms with van der Waals surface area (Å²) < 4.78 is 2.14. The second kappa shape index (κ2) is 5.98. The van der Waals surface area contributed by atoms with Crippen molar-refractivity contribution in [2.45, 2.75) is 0 Å². The van der Waals surface area contributed by atoms with Gasteiger partial charge in [-0.3, -0.25) is 0 Å². The zero-order valence-corrected chi connectivity index (χ0v) is 12.7. The van der Waals surface area contributed by atoms with Crippen LogP contribution < -0.4 is 4.57 Å². The second-order valence-corrected chi connectivity index (χ2v) is 5.25. The van der Waals surface area contributed by atoms with Crippen molar-refractivity contribution in [3.8, 4) is 0 Å². The Morgan fingerprint density at radius 1 is 0.857 bits per heavy atom. The zero-order chi connectivity index (χ0) is 14.7. The molecule has 0 N–H and O–H groups in total. The standard InChI is InChI=1S/C19H16NS/c1-20-13-12-17(18-4-2-3-5-19(18)20)11-10-15-6-8-16(14-21)9-7-15/h2-14H,1H3/q+1/b11-10+. The van der Waals surface area contributed by atoms with Crippen molar-refractivity contribution >= 4 is 40.6 Å². The molecule has 0 saturated heterocycles. The maximum Gasteiger partial charge on any atom is 0.212 e. The van der Waals surface area contributed by atoms with Gasteiger partial charge in [0.05, 0.1) is 5.39 Å². The SMILES string of the molecule is C[n+]1ccc(/C=C/c2ccc(C=S)cc2)c2ccccc21. The van der Waals surface area contributed by atoms with Gasteiger partial charge in [0.2, 0.25) is 5.52 Å². The quantitative estimate of drug-likeness (QED) is 0.517. The monoisotopic (exact) mass is 290 g/mol. The molecular weight excluding hydrogens is 274 g/mol. The summed E-state index contributed by atoms with van der Waals surface area (Å²) in [7, 11) is 2.07. The minimum Gasteiger partial charge on any atom is -0.201 e. The van der Waals surface area contributed by atoms with Gasteiger partial charge in [0.25, 0.3) is 0 Å². The van der Waals surface area contributed by atoms with E-state index < -0.39 is 0 Å². The van der Waals surface area contributed by atoms with Crippen LogP contribution >= 0.6 is 12.2 Å². The van der Waals surface area contributed by atoms with Crippen LogP contribution in [-0.2, 0) is 7.05 Å². The first-order chi connectivity index (χ1) is 10.3. The largest absolute Gasteiger partial charge is 0.212 e. The molecule has 1 nitrogen and oxygen atoms in total. The Morgan fingerprint density at radius 3 is 2.33 bits per heavy atom. The van der Waals surface area contributed by atoms with E-state index in [0.717, 1.165) is 5.56 Å². The van der Waals surface area contributed by atoms with Gasteiger partial charge in [0.1, 0.15) is 7.05 Å². The number of thiocarbonyl (C=S) groups is 1. The molecule has 3 rings (SSSR count). The highest BCUT2D eigenvalue weighted by Crippen LogP contribution is 2.17. The molecule has 0 aliphatic carbocycles. The molecule has 0 unspecified atom stereocenters. The van der Waals surface area contributed by atoms with Gasteiger partial charge >= 0.3 is 0 Å². The highest BCUT2D eigenvalue weighted by atomic mass is 32.1. The zero-order valence-electron chi connectivity index (χ0n) is 11.9. The highest BCUT2D eigenvalue weighted by molar-refractivity contribution is 7.79. The molecule has 1 aromatic heterocycles. The Hall–Kier alpha value is -2.32. The summed E-state index contributed by atoms with van der Waals surface area (Å²) >= 11 is 4.92. The van der Waals surface area contributed by atoms with E-state index in [2.05, 4.69) is 72.4 Å². The summed E-state index contributed by atoms with van der Waals surface area (Å²) in [6.07, 6.45) is 6.39. The molecule has 0 bridgehead atoms. The molecule has 102 valence electrons. The van der Waals surface area contributed by atoms with Gasteiger partial charge in [-0.25, -0.2) is 4.57 Å². The lowest BCUT2D eigenvalue weighted by atomic mass is 10.1. The van der Waals surface area contributed by atoms with Crippen LogP contribution in [0, 0.1) is 0 Å². The molecular formula is C19H16NS+. The normalized spacial score (nSPS) is 11.1. The highest BCUT2D eigenvalue weighted by Gasteiger charge is 2.06. The maximum absolute atomic E-state index is 4.92. The number of hydrogen-bond acceptors (Lipinski definition) is 1. The lowest BCUT2D eigenvalue weighted by Gasteiger charge is -2.01. The first-order valence-corrected chi connectivity index (χ1v) is 7.36. The van der Waals surface area contributed by atoms with E-state index in [0.29, 0.717) is 0 Å². The van der Waals surface area contributed by atoms with Gasteiger partial charge < -0.3 is 0 Å². The van der Waals surface area contributed by atoms with Crippen LogP contribution in [0.25, 0.3) is 23.1 Å². The van der Waals surface area contributed by atoms with Crippen molar-refractivity contribution in [2.75, 3.05) is 0 Å². The van der Waals surface area contributed by atoms with Crippen molar-refractivity contribution in [3.05, 3.63) is 77.5 Å². The summed E-state index contributed by atoms with van der Waals surface area (Å²) in [5.74, 6) is 0. The number of rotatable bonds is 3. The van der Waals surface area contributed by atoms with E-state index in [1.807, 2.05) is 12.1 Å². The van der Waals surface area contributed by atoms with Crippen molar-refractivity contribution in [2.24, 2.45) is 7.05 Å². The molecule has 0 atom stereocenters. The maximum atomic E-state index is 4.92. The molecule has 0 radical (unpaired) electrons. The fourth-order valence-electron chi connectivity index (χ4n) is 2.40. The van der Waals surface area contributed by atoms with E-state index in [-0.39, 0.29) is 0 Å². The molecule has 2 heteroatoms. The first-order valence-electron chi connectivity index (χ1n) is 6.88. The summed E-state index contributed by atoms with van der Waals surface area (Å²) in [6.45, 7) is 0. The van der Waals surface area contributed by atoms with Gasteiger partial charge in [-0.1, -0.05) is 60.8 Å². The third-order valence-electron chi connectivity index (χ3n) is 3.60. The van der Waals surface area contributed by atoms with Crippen LogP contribution in [0.1, 0.15) is 16.7 Å². The molecule has 0 aliphatic heterocycles. The Balaban J connectivity index is 1.99. The fraction of sp³-hybridized carbons (Fsp3) is 0.0526. The number of hydrogen-bond donors (Lipinski definition) is 0. The van der Waals surface area contributed by atoms with Crippen molar-refractivity contribution < 1.29 is 4.57 Å². The lowest BCUT2D eigenvalue weighted by molar-refractivity contribution is -0.644. The van der Waals surface area contributed by atoms with E-state index in [9.17, 15) is 0 Å². The van der Waals surface area contributed by atoms with Crippen LogP contribution in [0.15, 0.2) is 60.8 Å². The van der Waals surface area contributed by atoms with Crippen LogP contribution in [0.2, 0.25) is 0 Å². The van der Waals surface area contributed by atoms with Crippen LogP contribution in [-0.4, -0.2) is 5.37 Å². The van der Waals surface area contributed by atoms with Gasteiger partial charge in [-0.2, -0.15) is 0 Å². The smallest absolute Gasteiger partial charge is 0.201 e. The Bertz CT molecular complexity index is 817. The number of aromatic nitrogens is 1. The summed E-state index contributed by atoms with van der Waals surface area (Å²) in [4.78, 5) is 0. The van der Waals surface area contributed by atoms with Gasteiger partial charge in [-0.15, -0.1) is 0 Å². The lowest BCUT2D eigenvalue weighted by Crippen LogP contribution is -2.28. The van der Waals surface area contributed by atoms with Crippen molar-refractivity contribution in [1.29, 1.82) is 0 Å².